The van der Waals surface area contributed by atoms with Gasteiger partial charge < -0.3 is 20.1 Å². The van der Waals surface area contributed by atoms with E-state index in [0.29, 0.717) is 27.9 Å². The predicted octanol–water partition coefficient (Wildman–Crippen LogP) is 3.81. The number of carbonyl (C=O) groups excluding carboxylic acids is 2. The second-order valence-electron chi connectivity index (χ2n) is 6.71. The summed E-state index contributed by atoms with van der Waals surface area (Å²) in [5.41, 5.74) is 3.98. The van der Waals surface area contributed by atoms with Crippen molar-refractivity contribution in [2.45, 2.75) is 13.8 Å². The van der Waals surface area contributed by atoms with Crippen LogP contribution >= 0.6 is 11.3 Å². The zero-order valence-corrected chi connectivity index (χ0v) is 18.1. The smallest absolute Gasteiger partial charge is 0.251 e. The fourth-order valence-corrected chi connectivity index (χ4v) is 3.72. The molecule has 30 heavy (non-hydrogen) atoms. The van der Waals surface area contributed by atoms with Crippen LogP contribution in [0.2, 0.25) is 0 Å². The lowest BCUT2D eigenvalue weighted by Crippen LogP contribution is -2.32. The summed E-state index contributed by atoms with van der Waals surface area (Å²) in [6.07, 6.45) is 0. The maximum absolute atomic E-state index is 12.3. The Labute approximate surface area is 179 Å². The molecule has 0 bridgehead atoms. The quantitative estimate of drug-likeness (QED) is 0.601. The van der Waals surface area contributed by atoms with Crippen LogP contribution in [0.3, 0.4) is 0 Å². The van der Waals surface area contributed by atoms with Crippen molar-refractivity contribution in [3.63, 3.8) is 0 Å². The number of aryl methyl sites for hydroxylation is 2. The zero-order chi connectivity index (χ0) is 21.7. The van der Waals surface area contributed by atoms with Gasteiger partial charge in [-0.3, -0.25) is 9.59 Å². The van der Waals surface area contributed by atoms with Crippen molar-refractivity contribution < 1.29 is 19.1 Å². The molecule has 0 aliphatic rings. The molecular weight excluding hydrogens is 402 g/mol. The molecule has 2 amide bonds. The zero-order valence-electron chi connectivity index (χ0n) is 17.2. The molecule has 1 heterocycles. The SMILES string of the molecule is COc1ccc(-c2csc(NC(=O)CNC(=O)c3cc(C)cc(C)c3)n2)c(OC)c1. The summed E-state index contributed by atoms with van der Waals surface area (Å²) in [4.78, 5) is 29.0. The van der Waals surface area contributed by atoms with Gasteiger partial charge in [0.15, 0.2) is 5.13 Å². The second-order valence-corrected chi connectivity index (χ2v) is 7.57. The summed E-state index contributed by atoms with van der Waals surface area (Å²) in [7, 11) is 3.16. The van der Waals surface area contributed by atoms with Crippen LogP contribution in [-0.2, 0) is 4.79 Å². The summed E-state index contributed by atoms with van der Waals surface area (Å²) >= 11 is 1.29. The van der Waals surface area contributed by atoms with Crippen molar-refractivity contribution in [1.29, 1.82) is 0 Å². The van der Waals surface area contributed by atoms with E-state index in [0.717, 1.165) is 16.7 Å². The van der Waals surface area contributed by atoms with Crippen molar-refractivity contribution in [2.24, 2.45) is 0 Å². The van der Waals surface area contributed by atoms with Gasteiger partial charge in [0.05, 0.1) is 26.5 Å². The third kappa shape index (κ3) is 5.15. The first-order valence-electron chi connectivity index (χ1n) is 9.24. The van der Waals surface area contributed by atoms with E-state index in [1.54, 1.807) is 32.4 Å². The summed E-state index contributed by atoms with van der Waals surface area (Å²) in [5.74, 6) is 0.659. The van der Waals surface area contributed by atoms with Crippen LogP contribution in [0, 0.1) is 13.8 Å². The van der Waals surface area contributed by atoms with Crippen LogP contribution in [0.1, 0.15) is 21.5 Å². The third-order valence-corrected chi connectivity index (χ3v) is 5.09. The first kappa shape index (κ1) is 21.3. The standard InChI is InChI=1S/C22H23N3O4S/c1-13-7-14(2)9-15(8-13)21(27)23-11-20(26)25-22-24-18(12-30-22)17-6-5-16(28-3)10-19(17)29-4/h5-10,12H,11H2,1-4H3,(H,23,27)(H,24,25,26). The minimum absolute atomic E-state index is 0.146. The Kier molecular flexibility index (Phi) is 6.68. The fourth-order valence-electron chi connectivity index (χ4n) is 3.00. The van der Waals surface area contributed by atoms with Crippen LogP contribution in [0.5, 0.6) is 11.5 Å². The number of hydrogen-bond acceptors (Lipinski definition) is 6. The summed E-state index contributed by atoms with van der Waals surface area (Å²) in [5, 5.41) is 7.61. The molecule has 0 spiro atoms. The number of ether oxygens (including phenoxy) is 2. The number of amides is 2. The highest BCUT2D eigenvalue weighted by molar-refractivity contribution is 7.14. The second kappa shape index (κ2) is 9.41. The molecule has 0 unspecified atom stereocenters. The number of hydrogen-bond donors (Lipinski definition) is 2. The summed E-state index contributed by atoms with van der Waals surface area (Å²) in [6, 6.07) is 11.0. The molecule has 0 aliphatic carbocycles. The molecule has 0 aliphatic heterocycles. The molecule has 0 fully saturated rings. The Bertz CT molecular complexity index is 1060. The molecule has 0 atom stereocenters. The van der Waals surface area contributed by atoms with E-state index in [9.17, 15) is 9.59 Å². The maximum Gasteiger partial charge on any atom is 0.251 e. The largest absolute Gasteiger partial charge is 0.497 e. The maximum atomic E-state index is 12.3. The lowest BCUT2D eigenvalue weighted by atomic mass is 10.1. The highest BCUT2D eigenvalue weighted by Crippen LogP contribution is 2.34. The Morgan fingerprint density at radius 2 is 1.77 bits per heavy atom. The number of thiazole rings is 1. The Balaban J connectivity index is 1.62. The van der Waals surface area contributed by atoms with Gasteiger partial charge in [-0.2, -0.15) is 0 Å². The number of benzene rings is 2. The van der Waals surface area contributed by atoms with Gasteiger partial charge in [-0.15, -0.1) is 11.3 Å². The monoisotopic (exact) mass is 425 g/mol. The molecular formula is C22H23N3O4S. The third-order valence-electron chi connectivity index (χ3n) is 4.33. The van der Waals surface area contributed by atoms with Gasteiger partial charge in [0.1, 0.15) is 11.5 Å². The summed E-state index contributed by atoms with van der Waals surface area (Å²) in [6.45, 7) is 3.70. The van der Waals surface area contributed by atoms with Crippen molar-refractivity contribution in [3.8, 4) is 22.8 Å². The van der Waals surface area contributed by atoms with Gasteiger partial charge in [-0.05, 0) is 38.1 Å². The Morgan fingerprint density at radius 3 is 2.43 bits per heavy atom. The molecule has 2 N–H and O–H groups in total. The first-order chi connectivity index (χ1) is 14.4. The minimum Gasteiger partial charge on any atom is -0.497 e. The number of nitrogens with zero attached hydrogens (tertiary/aromatic N) is 1. The van der Waals surface area contributed by atoms with Gasteiger partial charge in [0.2, 0.25) is 5.91 Å². The van der Waals surface area contributed by atoms with E-state index in [2.05, 4.69) is 15.6 Å². The molecule has 0 radical (unpaired) electrons. The lowest BCUT2D eigenvalue weighted by Gasteiger charge is -2.08. The van der Waals surface area contributed by atoms with Crippen molar-refractivity contribution in [3.05, 3.63) is 58.5 Å². The number of nitrogens with one attached hydrogen (secondary N) is 2. The van der Waals surface area contributed by atoms with Crippen LogP contribution in [-0.4, -0.2) is 37.6 Å². The highest BCUT2D eigenvalue weighted by atomic mass is 32.1. The lowest BCUT2D eigenvalue weighted by molar-refractivity contribution is -0.115. The van der Waals surface area contributed by atoms with Crippen LogP contribution in [0.4, 0.5) is 5.13 Å². The van der Waals surface area contributed by atoms with Gasteiger partial charge in [-0.25, -0.2) is 4.98 Å². The van der Waals surface area contributed by atoms with Gasteiger partial charge in [0, 0.05) is 22.6 Å². The molecule has 0 saturated carbocycles. The van der Waals surface area contributed by atoms with E-state index < -0.39 is 0 Å². The van der Waals surface area contributed by atoms with Gasteiger partial charge in [-0.1, -0.05) is 17.2 Å². The van der Waals surface area contributed by atoms with E-state index in [1.807, 2.05) is 37.4 Å². The molecule has 0 saturated heterocycles. The normalized spacial score (nSPS) is 10.4. The Hall–Kier alpha value is -3.39. The Morgan fingerprint density at radius 1 is 1.03 bits per heavy atom. The average Bonchev–Trinajstić information content (AvgIpc) is 3.18. The van der Waals surface area contributed by atoms with Crippen LogP contribution in [0.25, 0.3) is 11.3 Å². The van der Waals surface area contributed by atoms with E-state index >= 15 is 0 Å². The van der Waals surface area contributed by atoms with E-state index in [-0.39, 0.29) is 18.4 Å². The van der Waals surface area contributed by atoms with Gasteiger partial charge >= 0.3 is 0 Å². The molecule has 3 rings (SSSR count). The number of anilines is 1. The van der Waals surface area contributed by atoms with E-state index in [4.69, 9.17) is 9.47 Å². The molecule has 156 valence electrons. The minimum atomic E-state index is -0.352. The number of aromatic nitrogens is 1. The average molecular weight is 426 g/mol. The first-order valence-corrected chi connectivity index (χ1v) is 10.1. The number of carbonyl (C=O) groups is 2. The molecule has 1 aromatic heterocycles. The predicted molar refractivity (Wildman–Crippen MR) is 118 cm³/mol. The van der Waals surface area contributed by atoms with Crippen LogP contribution < -0.4 is 20.1 Å². The van der Waals surface area contributed by atoms with E-state index in [1.165, 1.54) is 11.3 Å². The molecule has 7 nitrogen and oxygen atoms in total. The van der Waals surface area contributed by atoms with Crippen molar-refractivity contribution in [1.82, 2.24) is 10.3 Å². The van der Waals surface area contributed by atoms with Crippen LogP contribution in [0.15, 0.2) is 41.8 Å². The molecule has 3 aromatic rings. The molecule has 2 aromatic carbocycles. The number of rotatable bonds is 7. The number of methoxy groups -OCH3 is 2. The van der Waals surface area contributed by atoms with Crippen molar-refractivity contribution in [2.75, 3.05) is 26.1 Å². The van der Waals surface area contributed by atoms with Gasteiger partial charge in [0.25, 0.3) is 5.91 Å². The topological polar surface area (TPSA) is 89.6 Å². The summed E-state index contributed by atoms with van der Waals surface area (Å²) < 4.78 is 10.6. The van der Waals surface area contributed by atoms with Crippen molar-refractivity contribution >= 4 is 28.3 Å². The fraction of sp³-hybridized carbons (Fsp3) is 0.227. The highest BCUT2D eigenvalue weighted by Gasteiger charge is 2.14. The molecule has 8 heteroatoms.